The van der Waals surface area contributed by atoms with Gasteiger partial charge in [0.25, 0.3) is 0 Å². The van der Waals surface area contributed by atoms with Gasteiger partial charge in [-0.3, -0.25) is 0 Å². The highest BCUT2D eigenvalue weighted by atomic mass is 16.7. The Hall–Kier alpha value is -1.02. The van der Waals surface area contributed by atoms with E-state index in [9.17, 15) is 0 Å². The highest BCUT2D eigenvalue weighted by Gasteiger charge is 2.26. The fourth-order valence-corrected chi connectivity index (χ4v) is 4.03. The van der Waals surface area contributed by atoms with Crippen LogP contribution >= 0.6 is 0 Å². The molecule has 2 rings (SSSR count). The molecule has 1 saturated carbocycles. The molecule has 142 valence electrons. The second-order valence-corrected chi connectivity index (χ2v) is 8.78. The van der Waals surface area contributed by atoms with Crippen LogP contribution in [0, 0.1) is 11.3 Å². The lowest BCUT2D eigenvalue weighted by molar-refractivity contribution is -0.119. The van der Waals surface area contributed by atoms with Crippen LogP contribution < -0.4 is 4.74 Å². The van der Waals surface area contributed by atoms with Gasteiger partial charge >= 0.3 is 0 Å². The minimum atomic E-state index is -0.0901. The summed E-state index contributed by atoms with van der Waals surface area (Å²) in [5.74, 6) is 2.10. The second kappa shape index (κ2) is 9.62. The van der Waals surface area contributed by atoms with Crippen molar-refractivity contribution in [2.75, 3.05) is 6.61 Å². The molecule has 1 aliphatic rings. The quantitative estimate of drug-likeness (QED) is 0.475. The minimum Gasteiger partial charge on any atom is -0.465 e. The van der Waals surface area contributed by atoms with Gasteiger partial charge in [0.05, 0.1) is 0 Å². The molecule has 0 aliphatic heterocycles. The molecule has 2 nitrogen and oxygen atoms in total. The van der Waals surface area contributed by atoms with Crippen molar-refractivity contribution in [1.82, 2.24) is 0 Å². The Bertz CT molecular complexity index is 480. The first-order chi connectivity index (χ1) is 11.9. The van der Waals surface area contributed by atoms with Gasteiger partial charge < -0.3 is 9.47 Å². The van der Waals surface area contributed by atoms with Crippen molar-refractivity contribution >= 4 is 0 Å². The molecule has 1 aromatic carbocycles. The molecule has 2 atom stereocenters. The molecule has 25 heavy (non-hydrogen) atoms. The average Bonchev–Trinajstić information content (AvgIpc) is 2.60. The summed E-state index contributed by atoms with van der Waals surface area (Å²) in [6, 6.07) is 8.77. The van der Waals surface area contributed by atoms with Gasteiger partial charge in [0.2, 0.25) is 6.29 Å². The zero-order valence-electron chi connectivity index (χ0n) is 17.0. The van der Waals surface area contributed by atoms with Crippen LogP contribution in [0.15, 0.2) is 24.3 Å². The maximum absolute atomic E-state index is 6.24. The third-order valence-electron chi connectivity index (χ3n) is 5.32. The van der Waals surface area contributed by atoms with E-state index in [2.05, 4.69) is 58.9 Å². The van der Waals surface area contributed by atoms with Gasteiger partial charge in [-0.05, 0) is 61.6 Å². The summed E-state index contributed by atoms with van der Waals surface area (Å²) in [6.45, 7) is 12.0. The fourth-order valence-electron chi connectivity index (χ4n) is 4.03. The molecular weight excluding hydrogens is 308 g/mol. The zero-order valence-corrected chi connectivity index (χ0v) is 17.0. The van der Waals surface area contributed by atoms with Gasteiger partial charge in [-0.25, -0.2) is 0 Å². The summed E-state index contributed by atoms with van der Waals surface area (Å²) in [5.41, 5.74) is 1.78. The van der Waals surface area contributed by atoms with Gasteiger partial charge in [-0.1, -0.05) is 59.1 Å². The van der Waals surface area contributed by atoms with E-state index in [1.165, 1.54) is 50.5 Å². The molecule has 0 bridgehead atoms. The Morgan fingerprint density at radius 1 is 1.00 bits per heavy atom. The molecular formula is C23H38O2. The van der Waals surface area contributed by atoms with E-state index in [0.717, 1.165) is 5.75 Å². The Labute approximate surface area is 155 Å². The number of hydrogen-bond acceptors (Lipinski definition) is 2. The molecule has 0 aromatic heterocycles. The third kappa shape index (κ3) is 6.66. The molecule has 0 radical (unpaired) electrons. The Morgan fingerprint density at radius 3 is 2.16 bits per heavy atom. The van der Waals surface area contributed by atoms with Crippen LogP contribution in [-0.2, 0) is 4.74 Å². The number of hydrogen-bond donors (Lipinski definition) is 0. The van der Waals surface area contributed by atoms with Crippen LogP contribution in [0.5, 0.6) is 5.75 Å². The predicted octanol–water partition coefficient (Wildman–Crippen LogP) is 6.94. The van der Waals surface area contributed by atoms with Gasteiger partial charge in [0, 0.05) is 12.5 Å². The predicted molar refractivity (Wildman–Crippen MR) is 106 cm³/mol. The van der Waals surface area contributed by atoms with Crippen molar-refractivity contribution < 1.29 is 9.47 Å². The van der Waals surface area contributed by atoms with E-state index in [0.29, 0.717) is 23.9 Å². The van der Waals surface area contributed by atoms with Crippen molar-refractivity contribution in [1.29, 1.82) is 0 Å². The lowest BCUT2D eigenvalue weighted by Gasteiger charge is -2.30. The first-order valence-corrected chi connectivity index (χ1v) is 10.3. The monoisotopic (exact) mass is 346 g/mol. The largest absolute Gasteiger partial charge is 0.465 e. The Morgan fingerprint density at radius 2 is 1.64 bits per heavy atom. The van der Waals surface area contributed by atoms with Crippen molar-refractivity contribution in [2.24, 2.45) is 11.3 Å². The lowest BCUT2D eigenvalue weighted by Crippen LogP contribution is -2.31. The molecule has 1 fully saturated rings. The summed E-state index contributed by atoms with van der Waals surface area (Å²) in [4.78, 5) is 0. The topological polar surface area (TPSA) is 18.5 Å². The van der Waals surface area contributed by atoms with Crippen LogP contribution in [-0.4, -0.2) is 12.9 Å². The van der Waals surface area contributed by atoms with Crippen LogP contribution in [0.3, 0.4) is 0 Å². The van der Waals surface area contributed by atoms with Crippen molar-refractivity contribution in [2.45, 2.75) is 91.8 Å². The maximum atomic E-state index is 6.24. The summed E-state index contributed by atoms with van der Waals surface area (Å²) in [7, 11) is 0. The van der Waals surface area contributed by atoms with Crippen LogP contribution in [0.25, 0.3) is 0 Å². The molecule has 1 aromatic rings. The fraction of sp³-hybridized carbons (Fsp3) is 0.739. The first kappa shape index (κ1) is 20.3. The third-order valence-corrected chi connectivity index (χ3v) is 5.32. The van der Waals surface area contributed by atoms with E-state index in [4.69, 9.17) is 9.47 Å². The van der Waals surface area contributed by atoms with E-state index in [-0.39, 0.29) is 6.29 Å². The summed E-state index contributed by atoms with van der Waals surface area (Å²) < 4.78 is 12.2. The van der Waals surface area contributed by atoms with E-state index in [1.54, 1.807) is 0 Å². The number of benzene rings is 1. The molecule has 2 unspecified atom stereocenters. The molecule has 0 heterocycles. The summed E-state index contributed by atoms with van der Waals surface area (Å²) in [5, 5.41) is 0. The maximum Gasteiger partial charge on any atom is 0.202 e. The van der Waals surface area contributed by atoms with E-state index >= 15 is 0 Å². The van der Waals surface area contributed by atoms with Crippen molar-refractivity contribution in [3.05, 3.63) is 29.8 Å². The Kier molecular flexibility index (Phi) is 7.81. The van der Waals surface area contributed by atoms with Crippen LogP contribution in [0.1, 0.15) is 91.0 Å². The molecule has 0 spiro atoms. The molecule has 0 N–H and O–H groups in total. The SMILES string of the molecule is CCOC(Oc1ccc(C(CC)CC(C)(C)C)cc1)C1CCCCC1. The first-order valence-electron chi connectivity index (χ1n) is 10.3. The van der Waals surface area contributed by atoms with Gasteiger partial charge in [0.15, 0.2) is 0 Å². The van der Waals surface area contributed by atoms with Crippen LogP contribution in [0.2, 0.25) is 0 Å². The molecule has 0 saturated heterocycles. The van der Waals surface area contributed by atoms with Gasteiger partial charge in [-0.2, -0.15) is 0 Å². The average molecular weight is 347 g/mol. The number of rotatable bonds is 8. The van der Waals surface area contributed by atoms with Crippen molar-refractivity contribution in [3.8, 4) is 5.75 Å². The Balaban J connectivity index is 2.01. The summed E-state index contributed by atoms with van der Waals surface area (Å²) in [6.07, 6.45) is 8.74. The minimum absolute atomic E-state index is 0.0901. The highest BCUT2D eigenvalue weighted by molar-refractivity contribution is 5.29. The molecule has 0 amide bonds. The number of ether oxygens (including phenoxy) is 2. The van der Waals surface area contributed by atoms with Crippen molar-refractivity contribution in [3.63, 3.8) is 0 Å². The molecule has 1 aliphatic carbocycles. The lowest BCUT2D eigenvalue weighted by atomic mass is 9.80. The van der Waals surface area contributed by atoms with E-state index in [1.807, 2.05) is 0 Å². The second-order valence-electron chi connectivity index (χ2n) is 8.78. The van der Waals surface area contributed by atoms with Crippen LogP contribution in [0.4, 0.5) is 0 Å². The van der Waals surface area contributed by atoms with E-state index < -0.39 is 0 Å². The van der Waals surface area contributed by atoms with Gasteiger partial charge in [0.1, 0.15) is 5.75 Å². The molecule has 2 heteroatoms. The van der Waals surface area contributed by atoms with Gasteiger partial charge in [-0.15, -0.1) is 0 Å². The normalized spacial score (nSPS) is 18.8. The zero-order chi connectivity index (χ0) is 18.3. The smallest absolute Gasteiger partial charge is 0.202 e. The standard InChI is InChI=1S/C23H38O2/c1-6-18(17-23(3,4)5)19-13-15-21(16-14-19)25-22(24-7-2)20-11-9-8-10-12-20/h13-16,18,20,22H,6-12,17H2,1-5H3. The summed E-state index contributed by atoms with van der Waals surface area (Å²) >= 11 is 0. The highest BCUT2D eigenvalue weighted by Crippen LogP contribution is 2.35.